The van der Waals surface area contributed by atoms with Crippen molar-refractivity contribution in [2.24, 2.45) is 0 Å². The van der Waals surface area contributed by atoms with E-state index in [4.69, 9.17) is 4.74 Å². The average Bonchev–Trinajstić information content (AvgIpc) is 2.28. The van der Waals surface area contributed by atoms with E-state index in [2.05, 4.69) is 59.8 Å². The minimum Gasteiger partial charge on any atom is -0.497 e. The van der Waals surface area contributed by atoms with Gasteiger partial charge in [-0.25, -0.2) is 0 Å². The second-order valence-corrected chi connectivity index (χ2v) is 4.99. The summed E-state index contributed by atoms with van der Waals surface area (Å²) < 4.78 is 6.49. The summed E-state index contributed by atoms with van der Waals surface area (Å²) in [6.07, 6.45) is 0. The Hall–Kier alpha value is -1.03. The molecule has 2 aromatic rings. The number of aryl methyl sites for hydroxylation is 1. The molecule has 0 amide bonds. The Morgan fingerprint density at radius 2 is 1.81 bits per heavy atom. The lowest BCUT2D eigenvalue weighted by Crippen LogP contribution is -1.85. The second kappa shape index (κ2) is 4.87. The van der Waals surface area contributed by atoms with Gasteiger partial charge in [-0.05, 0) is 70.5 Å². The lowest BCUT2D eigenvalue weighted by molar-refractivity contribution is 0.415. The van der Waals surface area contributed by atoms with Gasteiger partial charge in [0.2, 0.25) is 0 Å². The molecule has 1 nitrogen and oxygen atoms in total. The van der Waals surface area contributed by atoms with Crippen molar-refractivity contribution < 1.29 is 4.74 Å². The van der Waals surface area contributed by atoms with Crippen molar-refractivity contribution >= 4 is 22.6 Å². The maximum absolute atomic E-state index is 5.23. The van der Waals surface area contributed by atoms with Gasteiger partial charge in [0.25, 0.3) is 0 Å². The summed E-state index contributed by atoms with van der Waals surface area (Å²) in [7, 11) is 1.69. The van der Waals surface area contributed by atoms with E-state index < -0.39 is 0 Å². The van der Waals surface area contributed by atoms with Crippen LogP contribution in [0, 0.1) is 10.5 Å². The van der Waals surface area contributed by atoms with Crippen LogP contribution in [0.3, 0.4) is 0 Å². The molecule has 0 aliphatic heterocycles. The van der Waals surface area contributed by atoms with E-state index in [9.17, 15) is 0 Å². The summed E-state index contributed by atoms with van der Waals surface area (Å²) >= 11 is 2.34. The first-order chi connectivity index (χ1) is 7.69. The maximum atomic E-state index is 5.23. The third-order valence-corrected chi connectivity index (χ3v) is 3.07. The summed E-state index contributed by atoms with van der Waals surface area (Å²) in [4.78, 5) is 0. The van der Waals surface area contributed by atoms with Gasteiger partial charge in [-0.2, -0.15) is 0 Å². The van der Waals surface area contributed by atoms with E-state index in [0.717, 1.165) is 5.75 Å². The predicted molar refractivity (Wildman–Crippen MR) is 75.9 cm³/mol. The van der Waals surface area contributed by atoms with Gasteiger partial charge >= 0.3 is 0 Å². The molecule has 0 aliphatic carbocycles. The second-order valence-electron chi connectivity index (χ2n) is 3.75. The zero-order valence-electron chi connectivity index (χ0n) is 9.33. The summed E-state index contributed by atoms with van der Waals surface area (Å²) in [5.41, 5.74) is 3.72. The fourth-order valence-corrected chi connectivity index (χ4v) is 2.53. The van der Waals surface area contributed by atoms with Gasteiger partial charge in [-0.3, -0.25) is 0 Å². The lowest BCUT2D eigenvalue weighted by Gasteiger charge is -2.06. The Kier molecular flexibility index (Phi) is 3.49. The standard InChI is InChI=1S/C14H13IO/c1-10-6-12(8-13(15)7-10)11-4-3-5-14(9-11)16-2/h3-9H,1-2H3. The first-order valence-corrected chi connectivity index (χ1v) is 6.18. The molecule has 0 bridgehead atoms. The van der Waals surface area contributed by atoms with Gasteiger partial charge in [-0.15, -0.1) is 0 Å². The molecule has 2 heteroatoms. The highest BCUT2D eigenvalue weighted by atomic mass is 127. The van der Waals surface area contributed by atoms with Gasteiger partial charge in [-0.1, -0.05) is 18.2 Å². The van der Waals surface area contributed by atoms with E-state index in [1.807, 2.05) is 12.1 Å². The smallest absolute Gasteiger partial charge is 0.119 e. The molecule has 0 spiro atoms. The zero-order valence-corrected chi connectivity index (χ0v) is 11.5. The number of rotatable bonds is 2. The predicted octanol–water partition coefficient (Wildman–Crippen LogP) is 4.28. The quantitative estimate of drug-likeness (QED) is 0.750. The van der Waals surface area contributed by atoms with Gasteiger partial charge in [0.15, 0.2) is 0 Å². The normalized spacial score (nSPS) is 10.2. The highest BCUT2D eigenvalue weighted by Gasteiger charge is 2.01. The molecule has 0 heterocycles. The number of halogens is 1. The van der Waals surface area contributed by atoms with E-state index >= 15 is 0 Å². The Bertz CT molecular complexity index is 486. The van der Waals surface area contributed by atoms with E-state index in [-0.39, 0.29) is 0 Å². The molecule has 0 aliphatic rings. The third-order valence-electron chi connectivity index (χ3n) is 2.45. The summed E-state index contributed by atoms with van der Waals surface area (Å²) in [6.45, 7) is 2.12. The minimum atomic E-state index is 0.897. The summed E-state index contributed by atoms with van der Waals surface area (Å²) in [6, 6.07) is 14.7. The summed E-state index contributed by atoms with van der Waals surface area (Å²) in [5, 5.41) is 0. The van der Waals surface area contributed by atoms with Crippen LogP contribution in [0.15, 0.2) is 42.5 Å². The minimum absolute atomic E-state index is 0.897. The molecule has 82 valence electrons. The molecule has 2 rings (SSSR count). The van der Waals surface area contributed by atoms with Crippen molar-refractivity contribution in [1.82, 2.24) is 0 Å². The molecule has 2 aromatic carbocycles. The molecule has 0 N–H and O–H groups in total. The van der Waals surface area contributed by atoms with Crippen molar-refractivity contribution in [2.75, 3.05) is 7.11 Å². The Morgan fingerprint density at radius 1 is 1.00 bits per heavy atom. The van der Waals surface area contributed by atoms with E-state index in [1.54, 1.807) is 7.11 Å². The number of methoxy groups -OCH3 is 1. The van der Waals surface area contributed by atoms with Gasteiger partial charge in [0, 0.05) is 3.57 Å². The van der Waals surface area contributed by atoms with Gasteiger partial charge < -0.3 is 4.74 Å². The Balaban J connectivity index is 2.49. The van der Waals surface area contributed by atoms with E-state index in [1.165, 1.54) is 20.3 Å². The zero-order chi connectivity index (χ0) is 11.5. The van der Waals surface area contributed by atoms with Crippen molar-refractivity contribution in [3.63, 3.8) is 0 Å². The molecule has 0 saturated heterocycles. The molecule has 0 aromatic heterocycles. The summed E-state index contributed by atoms with van der Waals surface area (Å²) in [5.74, 6) is 0.897. The van der Waals surface area contributed by atoms with Crippen molar-refractivity contribution in [3.05, 3.63) is 51.6 Å². The number of hydrogen-bond acceptors (Lipinski definition) is 1. The number of ether oxygens (including phenoxy) is 1. The lowest BCUT2D eigenvalue weighted by atomic mass is 10.0. The molecule has 0 unspecified atom stereocenters. The number of benzene rings is 2. The van der Waals surface area contributed by atoms with Crippen LogP contribution < -0.4 is 4.74 Å². The molecule has 0 fully saturated rings. The number of hydrogen-bond donors (Lipinski definition) is 0. The van der Waals surface area contributed by atoms with Crippen molar-refractivity contribution in [3.8, 4) is 16.9 Å². The van der Waals surface area contributed by atoms with Crippen LogP contribution in [0.5, 0.6) is 5.75 Å². The molecule has 0 atom stereocenters. The van der Waals surface area contributed by atoms with E-state index in [0.29, 0.717) is 0 Å². The van der Waals surface area contributed by atoms with Gasteiger partial charge in [0.05, 0.1) is 7.11 Å². The maximum Gasteiger partial charge on any atom is 0.119 e. The largest absolute Gasteiger partial charge is 0.497 e. The topological polar surface area (TPSA) is 9.23 Å². The Morgan fingerprint density at radius 3 is 2.50 bits per heavy atom. The molecular weight excluding hydrogens is 311 g/mol. The van der Waals surface area contributed by atoms with Crippen LogP contribution in [-0.4, -0.2) is 7.11 Å². The van der Waals surface area contributed by atoms with Crippen LogP contribution in [0.1, 0.15) is 5.56 Å². The molecule has 0 saturated carbocycles. The molecule has 0 radical (unpaired) electrons. The molecular formula is C14H13IO. The van der Waals surface area contributed by atoms with Crippen LogP contribution in [-0.2, 0) is 0 Å². The van der Waals surface area contributed by atoms with Gasteiger partial charge in [0.1, 0.15) is 5.75 Å². The first kappa shape index (κ1) is 11.5. The first-order valence-electron chi connectivity index (χ1n) is 5.10. The van der Waals surface area contributed by atoms with Crippen LogP contribution in [0.25, 0.3) is 11.1 Å². The van der Waals surface area contributed by atoms with Crippen LogP contribution >= 0.6 is 22.6 Å². The highest BCUT2D eigenvalue weighted by Crippen LogP contribution is 2.26. The van der Waals surface area contributed by atoms with Crippen LogP contribution in [0.4, 0.5) is 0 Å². The highest BCUT2D eigenvalue weighted by molar-refractivity contribution is 14.1. The SMILES string of the molecule is COc1cccc(-c2cc(C)cc(I)c2)c1. The average molecular weight is 324 g/mol. The fraction of sp³-hybridized carbons (Fsp3) is 0.143. The monoisotopic (exact) mass is 324 g/mol. The molecule has 16 heavy (non-hydrogen) atoms. The fourth-order valence-electron chi connectivity index (χ4n) is 1.71. The van der Waals surface area contributed by atoms with Crippen molar-refractivity contribution in [1.29, 1.82) is 0 Å². The Labute approximate surface area is 110 Å². The van der Waals surface area contributed by atoms with Crippen molar-refractivity contribution in [2.45, 2.75) is 6.92 Å². The third kappa shape index (κ3) is 2.55. The van der Waals surface area contributed by atoms with Crippen LogP contribution in [0.2, 0.25) is 0 Å².